The predicted molar refractivity (Wildman–Crippen MR) is 119 cm³/mol. The highest BCUT2D eigenvalue weighted by Crippen LogP contribution is 2.34. The van der Waals surface area contributed by atoms with Gasteiger partial charge in [-0.15, -0.1) is 11.3 Å². The van der Waals surface area contributed by atoms with E-state index in [0.29, 0.717) is 21.6 Å². The third kappa shape index (κ3) is 3.93. The van der Waals surface area contributed by atoms with Gasteiger partial charge in [0.2, 0.25) is 0 Å². The normalized spacial score (nSPS) is 11.9. The van der Waals surface area contributed by atoms with Crippen LogP contribution in [-0.4, -0.2) is 25.4 Å². The molecule has 5 aromatic rings. The Morgan fingerprint density at radius 2 is 1.91 bits per heavy atom. The SMILES string of the molecule is Cc1c(C(=O)NCc2ccc(-n3cnc4ccccc43)nc2)sc2nc(C(F)(F)F)ccc12. The molecule has 4 aromatic heterocycles. The number of aromatic nitrogens is 4. The van der Waals surface area contributed by atoms with Crippen molar-refractivity contribution < 1.29 is 18.0 Å². The number of rotatable bonds is 4. The summed E-state index contributed by atoms with van der Waals surface area (Å²) in [6.07, 6.45) is -1.16. The van der Waals surface area contributed by atoms with Crippen LogP contribution >= 0.6 is 11.3 Å². The Hall–Kier alpha value is -3.79. The van der Waals surface area contributed by atoms with E-state index in [0.717, 1.165) is 34.0 Å². The number of hydrogen-bond donors (Lipinski definition) is 1. The second-order valence-corrected chi connectivity index (χ2v) is 8.41. The van der Waals surface area contributed by atoms with Gasteiger partial charge in [0.1, 0.15) is 22.7 Å². The zero-order chi connectivity index (χ0) is 23.2. The largest absolute Gasteiger partial charge is 0.433 e. The highest BCUT2D eigenvalue weighted by molar-refractivity contribution is 7.20. The Morgan fingerprint density at radius 3 is 2.67 bits per heavy atom. The standard InChI is InChI=1S/C23H16F3N5OS/c1-13-15-7-8-18(23(24,25)26)30-22(15)33-20(13)21(32)28-11-14-6-9-19(27-10-14)31-12-29-16-4-2-3-5-17(16)31/h2-10,12H,11H2,1H3,(H,28,32). The van der Waals surface area contributed by atoms with E-state index in [9.17, 15) is 18.0 Å². The van der Waals surface area contributed by atoms with Crippen LogP contribution in [0.1, 0.15) is 26.5 Å². The molecule has 0 atom stereocenters. The smallest absolute Gasteiger partial charge is 0.347 e. The van der Waals surface area contributed by atoms with E-state index in [1.165, 1.54) is 6.07 Å². The molecule has 0 bridgehead atoms. The Bertz CT molecular complexity index is 1490. The lowest BCUT2D eigenvalue weighted by atomic mass is 10.1. The van der Waals surface area contributed by atoms with Crippen molar-refractivity contribution >= 4 is 38.5 Å². The monoisotopic (exact) mass is 467 g/mol. The van der Waals surface area contributed by atoms with Crippen LogP contribution in [0.5, 0.6) is 0 Å². The number of thiophene rings is 1. The number of nitrogens with zero attached hydrogens (tertiary/aromatic N) is 4. The van der Waals surface area contributed by atoms with Gasteiger partial charge in [0.15, 0.2) is 0 Å². The fourth-order valence-electron chi connectivity index (χ4n) is 3.54. The van der Waals surface area contributed by atoms with Crippen LogP contribution in [0.2, 0.25) is 0 Å². The first kappa shape index (κ1) is 21.1. The van der Waals surface area contributed by atoms with Crippen molar-refractivity contribution in [2.45, 2.75) is 19.6 Å². The summed E-state index contributed by atoms with van der Waals surface area (Å²) in [6.45, 7) is 1.93. The summed E-state index contributed by atoms with van der Waals surface area (Å²) in [5, 5.41) is 3.35. The van der Waals surface area contributed by atoms with E-state index in [1.807, 2.05) is 41.0 Å². The number of pyridine rings is 2. The zero-order valence-corrected chi connectivity index (χ0v) is 18.0. The summed E-state index contributed by atoms with van der Waals surface area (Å²) in [6, 6.07) is 13.7. The molecule has 5 rings (SSSR count). The zero-order valence-electron chi connectivity index (χ0n) is 17.2. The van der Waals surface area contributed by atoms with Gasteiger partial charge in [0.05, 0.1) is 15.9 Å². The molecule has 4 heterocycles. The second kappa shape index (κ2) is 7.96. The number of benzene rings is 1. The maximum Gasteiger partial charge on any atom is 0.433 e. The topological polar surface area (TPSA) is 72.7 Å². The molecule has 6 nitrogen and oxygen atoms in total. The van der Waals surface area contributed by atoms with Crippen molar-refractivity contribution in [2.24, 2.45) is 0 Å². The maximum absolute atomic E-state index is 12.9. The molecule has 0 unspecified atom stereocenters. The molecule has 1 aromatic carbocycles. The van der Waals surface area contributed by atoms with Gasteiger partial charge in [-0.1, -0.05) is 18.2 Å². The average Bonchev–Trinajstić information content (AvgIpc) is 3.38. The molecule has 0 fully saturated rings. The highest BCUT2D eigenvalue weighted by Gasteiger charge is 2.33. The minimum absolute atomic E-state index is 0.186. The third-order valence-corrected chi connectivity index (χ3v) is 6.46. The fourth-order valence-corrected chi connectivity index (χ4v) is 4.64. The summed E-state index contributed by atoms with van der Waals surface area (Å²) < 4.78 is 40.7. The van der Waals surface area contributed by atoms with Gasteiger partial charge in [-0.05, 0) is 48.4 Å². The molecule has 166 valence electrons. The summed E-state index contributed by atoms with van der Waals surface area (Å²) in [7, 11) is 0. The number of carbonyl (C=O) groups excluding carboxylic acids is 1. The number of amides is 1. The molecule has 10 heteroatoms. The molecular weight excluding hydrogens is 451 g/mol. The van der Waals surface area contributed by atoms with Gasteiger partial charge in [-0.25, -0.2) is 15.0 Å². The summed E-state index contributed by atoms with van der Waals surface area (Å²) in [4.78, 5) is 25.7. The number of hydrogen-bond acceptors (Lipinski definition) is 5. The van der Waals surface area contributed by atoms with E-state index in [4.69, 9.17) is 0 Å². The lowest BCUT2D eigenvalue weighted by Gasteiger charge is -2.07. The van der Waals surface area contributed by atoms with Crippen LogP contribution in [0, 0.1) is 6.92 Å². The molecule has 0 spiro atoms. The third-order valence-electron chi connectivity index (χ3n) is 5.26. The lowest BCUT2D eigenvalue weighted by Crippen LogP contribution is -2.22. The molecule has 1 N–H and O–H groups in total. The summed E-state index contributed by atoms with van der Waals surface area (Å²) >= 11 is 0.950. The number of para-hydroxylation sites is 2. The van der Waals surface area contributed by atoms with E-state index in [1.54, 1.807) is 19.4 Å². The minimum atomic E-state index is -4.53. The Kier molecular flexibility index (Phi) is 5.09. The van der Waals surface area contributed by atoms with Gasteiger partial charge in [0.25, 0.3) is 5.91 Å². The minimum Gasteiger partial charge on any atom is -0.347 e. The predicted octanol–water partition coefficient (Wildman–Crippen LogP) is 5.29. The molecule has 33 heavy (non-hydrogen) atoms. The van der Waals surface area contributed by atoms with Crippen LogP contribution < -0.4 is 5.32 Å². The van der Waals surface area contributed by atoms with Gasteiger partial charge >= 0.3 is 6.18 Å². The molecular formula is C23H16F3N5OS. The number of aryl methyl sites for hydroxylation is 1. The number of halogens is 3. The summed E-state index contributed by atoms with van der Waals surface area (Å²) in [5.74, 6) is 0.333. The van der Waals surface area contributed by atoms with Crippen molar-refractivity contribution in [1.29, 1.82) is 0 Å². The first-order valence-electron chi connectivity index (χ1n) is 9.94. The quantitative estimate of drug-likeness (QED) is 0.390. The van der Waals surface area contributed by atoms with Crippen molar-refractivity contribution in [3.05, 3.63) is 82.8 Å². The van der Waals surface area contributed by atoms with Gasteiger partial charge in [-0.3, -0.25) is 9.36 Å². The number of fused-ring (bicyclic) bond motifs is 2. The number of carbonyl (C=O) groups is 1. The first-order valence-corrected chi connectivity index (χ1v) is 10.8. The van der Waals surface area contributed by atoms with Crippen molar-refractivity contribution in [2.75, 3.05) is 0 Å². The number of alkyl halides is 3. The molecule has 0 aliphatic heterocycles. The fraction of sp³-hybridized carbons (Fsp3) is 0.130. The lowest BCUT2D eigenvalue weighted by molar-refractivity contribution is -0.140. The van der Waals surface area contributed by atoms with Gasteiger partial charge in [0, 0.05) is 18.1 Å². The van der Waals surface area contributed by atoms with Crippen LogP contribution in [0.25, 0.3) is 27.1 Å². The van der Waals surface area contributed by atoms with Crippen molar-refractivity contribution in [3.8, 4) is 5.82 Å². The van der Waals surface area contributed by atoms with Crippen LogP contribution in [0.4, 0.5) is 13.2 Å². The number of nitrogens with one attached hydrogen (secondary N) is 1. The molecule has 0 aliphatic rings. The molecule has 0 saturated heterocycles. The molecule has 0 radical (unpaired) electrons. The number of imidazole rings is 1. The maximum atomic E-state index is 12.9. The van der Waals surface area contributed by atoms with Crippen LogP contribution in [-0.2, 0) is 12.7 Å². The Morgan fingerprint density at radius 1 is 1.09 bits per heavy atom. The van der Waals surface area contributed by atoms with E-state index < -0.39 is 11.9 Å². The van der Waals surface area contributed by atoms with Crippen LogP contribution in [0.3, 0.4) is 0 Å². The second-order valence-electron chi connectivity index (χ2n) is 7.41. The van der Waals surface area contributed by atoms with E-state index in [-0.39, 0.29) is 17.3 Å². The summed E-state index contributed by atoms with van der Waals surface area (Å²) in [5.41, 5.74) is 2.22. The molecule has 1 amide bonds. The molecule has 0 saturated carbocycles. The molecule has 0 aliphatic carbocycles. The average molecular weight is 467 g/mol. The first-order chi connectivity index (χ1) is 15.8. The van der Waals surface area contributed by atoms with Gasteiger partial charge in [-0.2, -0.15) is 13.2 Å². The van der Waals surface area contributed by atoms with Crippen LogP contribution in [0.15, 0.2) is 61.1 Å². The van der Waals surface area contributed by atoms with E-state index >= 15 is 0 Å². The van der Waals surface area contributed by atoms with Gasteiger partial charge < -0.3 is 5.32 Å². The Labute approximate surface area is 189 Å². The Balaban J connectivity index is 1.32. The highest BCUT2D eigenvalue weighted by atomic mass is 32.1. The van der Waals surface area contributed by atoms with E-state index in [2.05, 4.69) is 20.3 Å². The van der Waals surface area contributed by atoms with Crippen molar-refractivity contribution in [1.82, 2.24) is 24.8 Å². The van der Waals surface area contributed by atoms with Crippen molar-refractivity contribution in [3.63, 3.8) is 0 Å².